The van der Waals surface area contributed by atoms with E-state index in [1.54, 1.807) is 17.8 Å². The SMILES string of the molecule is CC1(C)C(=O)N(Br)C(=S)N1Br. The predicted molar refractivity (Wildman–Crippen MR) is 53.2 cm³/mol. The minimum Gasteiger partial charge on any atom is -0.271 e. The molecule has 0 atom stereocenters. The van der Waals surface area contributed by atoms with Crippen molar-refractivity contribution < 1.29 is 4.79 Å². The van der Waals surface area contributed by atoms with Crippen molar-refractivity contribution in [3.05, 3.63) is 0 Å². The normalized spacial score (nSPS) is 23.3. The molecular weight excluding hydrogens is 296 g/mol. The second-order valence-corrected chi connectivity index (χ2v) is 4.49. The van der Waals surface area contributed by atoms with Crippen LogP contribution < -0.4 is 0 Å². The van der Waals surface area contributed by atoms with Crippen LogP contribution in [-0.4, -0.2) is 24.4 Å². The van der Waals surface area contributed by atoms with Gasteiger partial charge >= 0.3 is 0 Å². The third-order valence-corrected chi connectivity index (χ3v) is 4.24. The molecule has 1 aliphatic heterocycles. The summed E-state index contributed by atoms with van der Waals surface area (Å²) in [6.45, 7) is 3.58. The first-order valence-electron chi connectivity index (χ1n) is 2.89. The number of carbonyl (C=O) groups excluding carboxylic acids is 1. The topological polar surface area (TPSA) is 23.6 Å². The number of thiocarbonyl (C=S) groups is 1. The molecule has 0 unspecified atom stereocenters. The third kappa shape index (κ3) is 1.21. The summed E-state index contributed by atoms with van der Waals surface area (Å²) in [5.41, 5.74) is -0.597. The van der Waals surface area contributed by atoms with Gasteiger partial charge in [-0.15, -0.1) is 0 Å². The van der Waals surface area contributed by atoms with E-state index in [2.05, 4.69) is 32.3 Å². The standard InChI is InChI=1S/C5H6Br2N2OS/c1-5(2)3(10)8(6)4(11)9(5)7/h1-2H3. The summed E-state index contributed by atoms with van der Waals surface area (Å²) in [4.78, 5) is 11.4. The maximum absolute atomic E-state index is 11.4. The van der Waals surface area contributed by atoms with Gasteiger partial charge in [0.2, 0.25) is 0 Å². The zero-order valence-electron chi connectivity index (χ0n) is 5.97. The highest BCUT2D eigenvalue weighted by molar-refractivity contribution is 9.08. The molecule has 0 bridgehead atoms. The zero-order chi connectivity index (χ0) is 8.81. The molecule has 1 heterocycles. The molecule has 1 rings (SSSR count). The van der Waals surface area contributed by atoms with Crippen molar-refractivity contribution in [3.63, 3.8) is 0 Å². The lowest BCUT2D eigenvalue weighted by molar-refractivity contribution is -0.127. The van der Waals surface area contributed by atoms with E-state index in [0.717, 1.165) is 0 Å². The molecule has 1 amide bonds. The number of amides is 1. The van der Waals surface area contributed by atoms with Crippen molar-refractivity contribution in [1.29, 1.82) is 0 Å². The van der Waals surface area contributed by atoms with Gasteiger partial charge in [-0.05, 0) is 26.1 Å². The van der Waals surface area contributed by atoms with Crippen molar-refractivity contribution in [2.75, 3.05) is 0 Å². The molecule has 6 heteroatoms. The van der Waals surface area contributed by atoms with Crippen LogP contribution in [0.3, 0.4) is 0 Å². The van der Waals surface area contributed by atoms with Gasteiger partial charge in [-0.1, -0.05) is 0 Å². The lowest BCUT2D eigenvalue weighted by Crippen LogP contribution is -2.37. The largest absolute Gasteiger partial charge is 0.271 e. The van der Waals surface area contributed by atoms with Crippen LogP contribution in [0, 0.1) is 0 Å². The van der Waals surface area contributed by atoms with E-state index in [9.17, 15) is 4.79 Å². The van der Waals surface area contributed by atoms with Crippen LogP contribution in [0.4, 0.5) is 0 Å². The highest BCUT2D eigenvalue weighted by Gasteiger charge is 2.47. The van der Waals surface area contributed by atoms with Gasteiger partial charge in [0.25, 0.3) is 5.91 Å². The second-order valence-electron chi connectivity index (χ2n) is 2.71. The van der Waals surface area contributed by atoms with Crippen LogP contribution in [0.2, 0.25) is 0 Å². The summed E-state index contributed by atoms with van der Waals surface area (Å²) in [6, 6.07) is 0. The van der Waals surface area contributed by atoms with E-state index in [1.165, 1.54) is 3.93 Å². The molecule has 0 aliphatic carbocycles. The van der Waals surface area contributed by atoms with Crippen LogP contribution in [0.1, 0.15) is 13.8 Å². The minimum atomic E-state index is -0.597. The Morgan fingerprint density at radius 1 is 1.45 bits per heavy atom. The van der Waals surface area contributed by atoms with Crippen molar-refractivity contribution in [3.8, 4) is 0 Å². The zero-order valence-corrected chi connectivity index (χ0v) is 9.96. The van der Waals surface area contributed by atoms with Crippen LogP contribution in [0.15, 0.2) is 0 Å². The highest BCUT2D eigenvalue weighted by atomic mass is 79.9. The Morgan fingerprint density at radius 3 is 2.00 bits per heavy atom. The van der Waals surface area contributed by atoms with Crippen molar-refractivity contribution >= 4 is 55.5 Å². The first-order chi connectivity index (χ1) is 4.89. The molecule has 0 radical (unpaired) electrons. The van der Waals surface area contributed by atoms with Crippen LogP contribution in [-0.2, 0) is 4.79 Å². The summed E-state index contributed by atoms with van der Waals surface area (Å²) in [5, 5.41) is 0.431. The first kappa shape index (κ1) is 9.41. The van der Waals surface area contributed by atoms with Gasteiger partial charge in [0, 0.05) is 0 Å². The monoisotopic (exact) mass is 300 g/mol. The fourth-order valence-corrected chi connectivity index (χ4v) is 2.15. The quantitative estimate of drug-likeness (QED) is 0.504. The summed E-state index contributed by atoms with van der Waals surface area (Å²) < 4.78 is 2.85. The molecular formula is C5H6Br2N2OS. The molecule has 0 aromatic rings. The van der Waals surface area contributed by atoms with Gasteiger partial charge < -0.3 is 0 Å². The van der Waals surface area contributed by atoms with E-state index in [-0.39, 0.29) is 5.91 Å². The molecule has 1 fully saturated rings. The Kier molecular flexibility index (Phi) is 2.28. The predicted octanol–water partition coefficient (Wildman–Crippen LogP) is 1.81. The first-order valence-corrected chi connectivity index (χ1v) is 4.72. The van der Waals surface area contributed by atoms with Crippen LogP contribution in [0.5, 0.6) is 0 Å². The lowest BCUT2D eigenvalue weighted by atomic mass is 10.1. The molecule has 11 heavy (non-hydrogen) atoms. The lowest BCUT2D eigenvalue weighted by Gasteiger charge is -2.21. The molecule has 0 aromatic carbocycles. The number of hydrogen-bond acceptors (Lipinski definition) is 2. The number of rotatable bonds is 0. The van der Waals surface area contributed by atoms with E-state index in [4.69, 9.17) is 12.2 Å². The summed E-state index contributed by atoms with van der Waals surface area (Å²) in [5.74, 6) is -0.0700. The minimum absolute atomic E-state index is 0.0700. The molecule has 0 N–H and O–H groups in total. The number of hydrogen-bond donors (Lipinski definition) is 0. The number of carbonyl (C=O) groups is 1. The van der Waals surface area contributed by atoms with Crippen molar-refractivity contribution in [1.82, 2.24) is 7.85 Å². The van der Waals surface area contributed by atoms with E-state index in [0.29, 0.717) is 5.11 Å². The van der Waals surface area contributed by atoms with Crippen molar-refractivity contribution in [2.24, 2.45) is 0 Å². The van der Waals surface area contributed by atoms with Gasteiger partial charge in [0.15, 0.2) is 5.11 Å². The van der Waals surface area contributed by atoms with Gasteiger partial charge in [0.1, 0.15) is 5.54 Å². The van der Waals surface area contributed by atoms with Gasteiger partial charge in [0.05, 0.1) is 32.3 Å². The third-order valence-electron chi connectivity index (χ3n) is 1.53. The summed E-state index contributed by atoms with van der Waals surface area (Å²) >= 11 is 11.2. The average Bonchev–Trinajstić information content (AvgIpc) is 2.06. The van der Waals surface area contributed by atoms with E-state index in [1.807, 2.05) is 0 Å². The molecule has 1 aliphatic rings. The average molecular weight is 302 g/mol. The molecule has 0 saturated carbocycles. The molecule has 3 nitrogen and oxygen atoms in total. The Hall–Kier alpha value is 0.320. The smallest absolute Gasteiger partial charge is 0.265 e. The Bertz CT molecular complexity index is 231. The molecule has 0 aromatic heterocycles. The Morgan fingerprint density at radius 2 is 1.91 bits per heavy atom. The highest BCUT2D eigenvalue weighted by Crippen LogP contribution is 2.32. The van der Waals surface area contributed by atoms with Crippen molar-refractivity contribution in [2.45, 2.75) is 19.4 Å². The van der Waals surface area contributed by atoms with Crippen LogP contribution in [0.25, 0.3) is 0 Å². The van der Waals surface area contributed by atoms with E-state index < -0.39 is 5.54 Å². The van der Waals surface area contributed by atoms with Gasteiger partial charge in [-0.25, -0.2) is 3.93 Å². The molecule has 62 valence electrons. The van der Waals surface area contributed by atoms with Gasteiger partial charge in [-0.3, -0.25) is 8.72 Å². The van der Waals surface area contributed by atoms with Gasteiger partial charge in [-0.2, -0.15) is 0 Å². The maximum atomic E-state index is 11.4. The molecule has 1 saturated heterocycles. The summed E-state index contributed by atoms with van der Waals surface area (Å²) in [6.07, 6.45) is 0. The summed E-state index contributed by atoms with van der Waals surface area (Å²) in [7, 11) is 0. The fraction of sp³-hybridized carbons (Fsp3) is 0.600. The fourth-order valence-electron chi connectivity index (χ4n) is 0.727. The Labute approximate surface area is 87.4 Å². The maximum Gasteiger partial charge on any atom is 0.265 e. The molecule has 0 spiro atoms. The van der Waals surface area contributed by atoms with E-state index >= 15 is 0 Å². The second kappa shape index (κ2) is 2.67. The Balaban J connectivity index is 3.06. The number of nitrogens with zero attached hydrogens (tertiary/aromatic N) is 2. The number of halogens is 2. The van der Waals surface area contributed by atoms with Crippen LogP contribution >= 0.6 is 44.5 Å².